The zero-order valence-electron chi connectivity index (χ0n) is 22.2. The van der Waals surface area contributed by atoms with Gasteiger partial charge in [0.2, 0.25) is 11.0 Å². The molecule has 0 bridgehead atoms. The van der Waals surface area contributed by atoms with Crippen molar-refractivity contribution in [2.75, 3.05) is 25.4 Å². The number of carboxylic acids is 1. The summed E-state index contributed by atoms with van der Waals surface area (Å²) in [5, 5.41) is 27.9. The molecule has 2 aromatic rings. The van der Waals surface area contributed by atoms with Gasteiger partial charge in [-0.3, -0.25) is 24.1 Å². The molecule has 20 nitrogen and oxygen atoms in total. The van der Waals surface area contributed by atoms with Crippen LogP contribution in [0.4, 0.5) is 9.93 Å². The van der Waals surface area contributed by atoms with Gasteiger partial charge in [-0.25, -0.2) is 19.3 Å². The number of oxime groups is 1. The molecule has 0 aromatic carbocycles. The third kappa shape index (κ3) is 8.23. The predicted octanol–water partition coefficient (Wildman–Crippen LogP) is -3.00. The van der Waals surface area contributed by atoms with Gasteiger partial charge in [0.15, 0.2) is 16.6 Å². The first-order valence-corrected chi connectivity index (χ1v) is 14.2. The number of likely N-dealkylation sites (tertiary alicyclic amines) is 1. The molecule has 0 spiro atoms. The van der Waals surface area contributed by atoms with Crippen molar-refractivity contribution in [1.29, 1.82) is 0 Å². The number of hydrogen-bond donors (Lipinski definition) is 8. The number of nitrogen functional groups attached to an aromatic ring is 1. The van der Waals surface area contributed by atoms with Gasteiger partial charge in [-0.05, 0) is 13.8 Å². The van der Waals surface area contributed by atoms with Gasteiger partial charge in [0, 0.05) is 30.7 Å². The number of H-pyrrole nitrogens is 1. The Hall–Kier alpha value is -5.09. The van der Waals surface area contributed by atoms with Crippen molar-refractivity contribution in [3.05, 3.63) is 39.3 Å². The molecule has 1 fully saturated rings. The number of carbonyl (C=O) groups excluding carboxylic acids is 4. The van der Waals surface area contributed by atoms with Gasteiger partial charge >= 0.3 is 22.2 Å². The first-order chi connectivity index (χ1) is 20.0. The molecule has 0 unspecified atom stereocenters. The molecule has 5 amide bonds. The lowest BCUT2D eigenvalue weighted by Crippen LogP contribution is -2.68. The highest BCUT2D eigenvalue weighted by Gasteiger charge is 2.43. The van der Waals surface area contributed by atoms with E-state index < -0.39 is 81.6 Å². The summed E-state index contributed by atoms with van der Waals surface area (Å²) < 4.78 is 27.9. The van der Waals surface area contributed by atoms with Gasteiger partial charge in [0.25, 0.3) is 17.7 Å². The number of nitrogens with two attached hydrogens (primary N) is 1. The van der Waals surface area contributed by atoms with Crippen LogP contribution < -0.4 is 31.2 Å². The molecule has 1 aliphatic rings. The minimum atomic E-state index is -4.49. The van der Waals surface area contributed by atoms with Crippen LogP contribution in [-0.4, -0.2) is 100 Å². The van der Waals surface area contributed by atoms with Crippen molar-refractivity contribution in [3.63, 3.8) is 0 Å². The number of urea groups is 1. The Balaban J connectivity index is 1.51. The molecular formula is C21H25N9O11S2. The zero-order chi connectivity index (χ0) is 32.1. The fourth-order valence-electron chi connectivity index (χ4n) is 3.00. The van der Waals surface area contributed by atoms with E-state index in [9.17, 15) is 47.4 Å². The van der Waals surface area contributed by atoms with Crippen LogP contribution in [0, 0.1) is 0 Å². The number of nitrogens with one attached hydrogen (secondary N) is 5. The van der Waals surface area contributed by atoms with E-state index in [1.54, 1.807) is 4.72 Å². The van der Waals surface area contributed by atoms with Crippen molar-refractivity contribution in [2.45, 2.75) is 25.5 Å². The molecule has 0 radical (unpaired) electrons. The lowest BCUT2D eigenvalue weighted by molar-refractivity contribution is -0.161. The van der Waals surface area contributed by atoms with E-state index in [1.807, 2.05) is 4.72 Å². The molecule has 0 saturated carbocycles. The molecule has 0 aliphatic carbocycles. The average Bonchev–Trinajstić information content (AvgIpc) is 3.35. The van der Waals surface area contributed by atoms with E-state index in [1.165, 1.54) is 19.2 Å². The second kappa shape index (κ2) is 12.8. The second-order valence-electron chi connectivity index (χ2n) is 9.05. The van der Waals surface area contributed by atoms with Gasteiger partial charge in [-0.1, -0.05) is 5.16 Å². The Labute approximate surface area is 245 Å². The number of amides is 5. The van der Waals surface area contributed by atoms with Crippen molar-refractivity contribution < 1.29 is 47.4 Å². The highest BCUT2D eigenvalue weighted by molar-refractivity contribution is 7.88. The Morgan fingerprint density at radius 2 is 1.98 bits per heavy atom. The molecular weight excluding hydrogens is 618 g/mol. The topological polar surface area (TPSA) is 305 Å². The van der Waals surface area contributed by atoms with Gasteiger partial charge in [-0.15, -0.1) is 11.3 Å². The maximum atomic E-state index is 12.8. The van der Waals surface area contributed by atoms with Crippen molar-refractivity contribution in [2.24, 2.45) is 5.16 Å². The first-order valence-electron chi connectivity index (χ1n) is 11.8. The van der Waals surface area contributed by atoms with Crippen LogP contribution in [0.25, 0.3) is 0 Å². The van der Waals surface area contributed by atoms with Crippen LogP contribution in [0.1, 0.15) is 30.0 Å². The fraction of sp³-hybridized carbons (Fsp3) is 0.333. The third-order valence-electron chi connectivity index (χ3n) is 5.40. The zero-order valence-corrected chi connectivity index (χ0v) is 23.9. The van der Waals surface area contributed by atoms with Crippen molar-refractivity contribution in [3.8, 4) is 5.75 Å². The number of carboxylic acid groups (broad SMARTS) is 1. The molecule has 3 heterocycles. The smallest absolute Gasteiger partial charge is 0.350 e. The van der Waals surface area contributed by atoms with Gasteiger partial charge < -0.3 is 36.4 Å². The number of nitrogens with zero attached hydrogens (tertiary/aromatic N) is 3. The number of imide groups is 1. The van der Waals surface area contributed by atoms with Gasteiger partial charge in [0.05, 0.1) is 6.54 Å². The minimum Gasteiger partial charge on any atom is -0.503 e. The lowest BCUT2D eigenvalue weighted by atomic mass is 10.1. The molecule has 1 atom stereocenters. The highest BCUT2D eigenvalue weighted by atomic mass is 32.2. The van der Waals surface area contributed by atoms with E-state index in [0.717, 1.165) is 23.6 Å². The molecule has 232 valence electrons. The van der Waals surface area contributed by atoms with Gasteiger partial charge in [0.1, 0.15) is 17.4 Å². The third-order valence-corrected chi connectivity index (χ3v) is 7.10. The normalized spacial score (nSPS) is 15.3. The number of aromatic hydroxyl groups is 1. The molecule has 1 aliphatic heterocycles. The van der Waals surface area contributed by atoms with E-state index in [2.05, 4.69) is 25.8 Å². The number of β-lactam (4-membered cyclic amide) rings is 1. The standard InChI is InChI=1S/C21H25N9O11S2/c1-21(2,18(36)37)41-28-14(11-8-42-19(22)27-11)16(34)26-10-7-30(17(10)35)20(38)29-43(39,40)25-4-3-23-15(33)9-5-12(31)13(32)6-24-9/h5-6,8,10,25,32H,3-4,7H2,1-2H3,(H2,22,27)(H,23,33)(H,24,31)(H,26,34)(H,29,38)(H,36,37)/t10-/m0/s1. The summed E-state index contributed by atoms with van der Waals surface area (Å²) in [5.41, 5.74) is 2.18. The van der Waals surface area contributed by atoms with Crippen LogP contribution in [0.3, 0.4) is 0 Å². The maximum absolute atomic E-state index is 12.8. The molecule has 9 N–H and O–H groups in total. The Morgan fingerprint density at radius 1 is 1.28 bits per heavy atom. The SMILES string of the molecule is CC(C)(ON=C(C(=O)N[C@H]1CN(C(=O)NS(=O)(=O)NCCNC(=O)c2cc(=O)c(O)c[nH]2)C1=O)c1csc(N)n1)C(=O)O. The molecule has 2 aromatic heterocycles. The largest absolute Gasteiger partial charge is 0.503 e. The highest BCUT2D eigenvalue weighted by Crippen LogP contribution is 2.16. The Kier molecular flexibility index (Phi) is 9.67. The van der Waals surface area contributed by atoms with Crippen LogP contribution in [0.5, 0.6) is 5.75 Å². The number of rotatable bonds is 12. The summed E-state index contributed by atoms with van der Waals surface area (Å²) in [4.78, 5) is 84.0. The summed E-state index contributed by atoms with van der Waals surface area (Å²) in [5.74, 6) is -4.74. The Morgan fingerprint density at radius 3 is 2.56 bits per heavy atom. The maximum Gasteiger partial charge on any atom is 0.350 e. The number of aliphatic carboxylic acids is 1. The number of aromatic nitrogens is 2. The number of carbonyl (C=O) groups is 5. The monoisotopic (exact) mass is 643 g/mol. The molecule has 43 heavy (non-hydrogen) atoms. The summed E-state index contributed by atoms with van der Waals surface area (Å²) >= 11 is 0.948. The summed E-state index contributed by atoms with van der Waals surface area (Å²) in [6.07, 6.45) is 0.907. The number of hydrogen-bond acceptors (Lipinski definition) is 14. The quantitative estimate of drug-likeness (QED) is 0.0496. The summed E-state index contributed by atoms with van der Waals surface area (Å²) in [7, 11) is -4.49. The Bertz CT molecular complexity index is 1650. The molecule has 3 rings (SSSR count). The summed E-state index contributed by atoms with van der Waals surface area (Å²) in [6, 6.07) is -1.77. The fourth-order valence-corrected chi connectivity index (χ4v) is 4.33. The number of pyridine rings is 1. The van der Waals surface area contributed by atoms with Crippen molar-refractivity contribution >= 4 is 62.1 Å². The van der Waals surface area contributed by atoms with E-state index >= 15 is 0 Å². The van der Waals surface area contributed by atoms with Crippen LogP contribution in [0.15, 0.2) is 27.6 Å². The number of thiazole rings is 1. The van der Waals surface area contributed by atoms with Gasteiger partial charge in [-0.2, -0.15) is 13.1 Å². The number of anilines is 1. The lowest BCUT2D eigenvalue weighted by Gasteiger charge is -2.36. The van der Waals surface area contributed by atoms with Crippen LogP contribution in [0.2, 0.25) is 0 Å². The molecule has 22 heteroatoms. The average molecular weight is 644 g/mol. The first kappa shape index (κ1) is 32.4. The number of aromatic amines is 1. The van der Waals surface area contributed by atoms with Crippen LogP contribution in [-0.2, 0) is 29.4 Å². The minimum absolute atomic E-state index is 0.0569. The van der Waals surface area contributed by atoms with Crippen LogP contribution >= 0.6 is 11.3 Å². The summed E-state index contributed by atoms with van der Waals surface area (Å²) in [6.45, 7) is 1.26. The van der Waals surface area contributed by atoms with E-state index in [0.29, 0.717) is 4.90 Å². The molecule has 1 saturated heterocycles. The second-order valence-corrected chi connectivity index (χ2v) is 11.4. The van der Waals surface area contributed by atoms with Crippen molar-refractivity contribution in [1.82, 2.24) is 34.9 Å². The van der Waals surface area contributed by atoms with E-state index in [-0.39, 0.29) is 23.1 Å². The van der Waals surface area contributed by atoms with E-state index in [4.69, 9.17) is 10.6 Å². The predicted molar refractivity (Wildman–Crippen MR) is 146 cm³/mol.